The lowest BCUT2D eigenvalue weighted by Crippen LogP contribution is -2.65. The molecule has 4 aromatic carbocycles. The summed E-state index contributed by atoms with van der Waals surface area (Å²) in [5, 5.41) is 1.92. The average Bonchev–Trinajstić information content (AvgIpc) is 3.07. The number of hydrogen-bond donors (Lipinski definition) is 1. The van der Waals surface area contributed by atoms with Crippen LogP contribution in [0, 0.1) is 0 Å². The monoisotopic (exact) mass is 657 g/mol. The Morgan fingerprint density at radius 2 is 1.00 bits per heavy atom. The largest absolute Gasteiger partial charge is 0.459 e. The minimum atomic E-state index is -1.30. The van der Waals surface area contributed by atoms with Crippen molar-refractivity contribution in [3.8, 4) is 0 Å². The first-order valence-electron chi connectivity index (χ1n) is 13.8. The van der Waals surface area contributed by atoms with Crippen LogP contribution < -0.4 is 5.32 Å². The summed E-state index contributed by atoms with van der Waals surface area (Å²) in [5.74, 6) is -2.52. The van der Waals surface area contributed by atoms with Gasteiger partial charge < -0.3 is 24.3 Å². The molecule has 224 valence electrons. The van der Waals surface area contributed by atoms with Crippen molar-refractivity contribution in [2.45, 2.75) is 29.4 Å². The van der Waals surface area contributed by atoms with Gasteiger partial charge >= 0.3 is 17.9 Å². The molecule has 1 amide bonds. The van der Waals surface area contributed by atoms with E-state index in [1.165, 1.54) is 0 Å². The molecule has 1 aliphatic rings. The Labute approximate surface area is 262 Å². The fraction of sp³-hybridized carbons (Fsp3) is 0.176. The summed E-state index contributed by atoms with van der Waals surface area (Å²) in [6, 6.07) is 32.3. The molecule has 1 heterocycles. The van der Waals surface area contributed by atoms with Crippen LogP contribution in [0.25, 0.3) is 0 Å². The maximum atomic E-state index is 13.4. The lowest BCUT2D eigenvalue weighted by molar-refractivity contribution is -0.172. The van der Waals surface area contributed by atoms with Crippen molar-refractivity contribution in [2.75, 3.05) is 6.61 Å². The van der Waals surface area contributed by atoms with Gasteiger partial charge in [-0.3, -0.25) is 4.79 Å². The molecular weight excluding hydrogens is 630 g/mol. The number of carbonyl (C=O) groups is 4. The van der Waals surface area contributed by atoms with Crippen LogP contribution in [0.15, 0.2) is 121 Å². The normalized spacial score (nSPS) is 21.0. The summed E-state index contributed by atoms with van der Waals surface area (Å²) >= 11 is 3.46. The molecule has 9 nitrogen and oxygen atoms in total. The second-order valence-electron chi connectivity index (χ2n) is 9.83. The fourth-order valence-electron chi connectivity index (χ4n) is 4.63. The topological polar surface area (TPSA) is 117 Å². The molecule has 1 saturated heterocycles. The zero-order valence-corrected chi connectivity index (χ0v) is 24.9. The molecule has 0 spiro atoms. The molecule has 5 atom stereocenters. The number of nitrogens with one attached hydrogen (secondary N) is 1. The molecule has 1 aliphatic heterocycles. The molecular formula is C34H28BrNO8. The van der Waals surface area contributed by atoms with Crippen molar-refractivity contribution < 1.29 is 38.1 Å². The van der Waals surface area contributed by atoms with Gasteiger partial charge in [-0.25, -0.2) is 14.4 Å². The highest BCUT2D eigenvalue weighted by Gasteiger charge is 2.51. The van der Waals surface area contributed by atoms with Gasteiger partial charge in [0.15, 0.2) is 12.2 Å². The van der Waals surface area contributed by atoms with E-state index in [0.29, 0.717) is 11.1 Å². The Morgan fingerprint density at radius 1 is 0.591 bits per heavy atom. The van der Waals surface area contributed by atoms with Gasteiger partial charge in [0.05, 0.1) is 16.7 Å². The third kappa shape index (κ3) is 7.58. The Hall–Kier alpha value is -4.80. The lowest BCUT2D eigenvalue weighted by Gasteiger charge is -2.43. The van der Waals surface area contributed by atoms with E-state index in [0.717, 1.165) is 0 Å². The molecule has 5 rings (SSSR count). The number of alkyl halides is 1. The van der Waals surface area contributed by atoms with Gasteiger partial charge in [-0.2, -0.15) is 0 Å². The van der Waals surface area contributed by atoms with Crippen molar-refractivity contribution in [1.82, 2.24) is 5.32 Å². The second-order valence-corrected chi connectivity index (χ2v) is 10.7. The van der Waals surface area contributed by atoms with E-state index in [-0.39, 0.29) is 17.7 Å². The van der Waals surface area contributed by atoms with E-state index >= 15 is 0 Å². The number of benzene rings is 4. The van der Waals surface area contributed by atoms with Crippen molar-refractivity contribution in [3.63, 3.8) is 0 Å². The third-order valence-corrected chi connectivity index (χ3v) is 7.64. The van der Waals surface area contributed by atoms with Crippen LogP contribution in [-0.4, -0.2) is 59.8 Å². The van der Waals surface area contributed by atoms with Crippen molar-refractivity contribution in [1.29, 1.82) is 0 Å². The first-order valence-corrected chi connectivity index (χ1v) is 14.7. The van der Waals surface area contributed by atoms with Crippen LogP contribution in [0.4, 0.5) is 0 Å². The summed E-state index contributed by atoms with van der Waals surface area (Å²) in [7, 11) is 0. The highest BCUT2D eigenvalue weighted by molar-refractivity contribution is 9.09. The van der Waals surface area contributed by atoms with Crippen LogP contribution >= 0.6 is 15.9 Å². The van der Waals surface area contributed by atoms with Gasteiger partial charge in [-0.1, -0.05) is 88.7 Å². The minimum Gasteiger partial charge on any atom is -0.459 e. The number of rotatable bonds is 9. The van der Waals surface area contributed by atoms with E-state index < -0.39 is 53.2 Å². The van der Waals surface area contributed by atoms with Crippen LogP contribution in [0.1, 0.15) is 41.4 Å². The van der Waals surface area contributed by atoms with E-state index in [2.05, 4.69) is 21.2 Å². The SMILES string of the molecule is O=C(N[C@H]1[C@@H](OC(=O)c2ccccc2)[C@H](OC(=O)c2ccccc2)[C@@H](COC(=O)c2ccccc2)O[C@@H]1Br)c1ccccc1. The number of carbonyl (C=O) groups excluding carboxylic acids is 4. The number of hydrogen-bond acceptors (Lipinski definition) is 8. The molecule has 44 heavy (non-hydrogen) atoms. The summed E-state index contributed by atoms with van der Waals surface area (Å²) in [6.45, 7) is -0.346. The van der Waals surface area contributed by atoms with Gasteiger partial charge in [0.25, 0.3) is 5.91 Å². The van der Waals surface area contributed by atoms with Gasteiger partial charge in [0.1, 0.15) is 23.8 Å². The maximum absolute atomic E-state index is 13.4. The zero-order valence-electron chi connectivity index (χ0n) is 23.3. The standard InChI is InChI=1S/C34H28BrNO8/c35-30-27(36-31(37)22-13-5-1-6-14-22)29(44-34(40)25-19-11-4-12-20-25)28(43-33(39)24-17-9-3-10-18-24)26(42-30)21-41-32(38)23-15-7-2-8-16-23/h1-20,26-30H,21H2,(H,36,37)/t26-,27+,28-,29-,30+/m1/s1. The van der Waals surface area contributed by atoms with Crippen LogP contribution in [0.5, 0.6) is 0 Å². The fourth-order valence-corrected chi connectivity index (χ4v) is 5.34. The van der Waals surface area contributed by atoms with Crippen LogP contribution in [0.2, 0.25) is 0 Å². The van der Waals surface area contributed by atoms with E-state index in [4.69, 9.17) is 18.9 Å². The Bertz CT molecular complexity index is 1570. The third-order valence-electron chi connectivity index (χ3n) is 6.86. The van der Waals surface area contributed by atoms with Crippen molar-refractivity contribution in [2.24, 2.45) is 0 Å². The average molecular weight is 659 g/mol. The van der Waals surface area contributed by atoms with Gasteiger partial charge in [-0.15, -0.1) is 0 Å². The molecule has 0 saturated carbocycles. The molecule has 0 aromatic heterocycles. The van der Waals surface area contributed by atoms with E-state index in [1.54, 1.807) is 121 Å². The number of amides is 1. The summed E-state index contributed by atoms with van der Waals surface area (Å²) < 4.78 is 23.6. The quantitative estimate of drug-likeness (QED) is 0.148. The predicted octanol–water partition coefficient (Wildman–Crippen LogP) is 5.21. The predicted molar refractivity (Wildman–Crippen MR) is 163 cm³/mol. The van der Waals surface area contributed by atoms with Gasteiger partial charge in [0, 0.05) is 5.56 Å². The molecule has 4 aromatic rings. The lowest BCUT2D eigenvalue weighted by atomic mass is 9.96. The first-order chi connectivity index (χ1) is 21.4. The Balaban J connectivity index is 1.48. The van der Waals surface area contributed by atoms with Crippen LogP contribution in [0.3, 0.4) is 0 Å². The highest BCUT2D eigenvalue weighted by atomic mass is 79.9. The summed E-state index contributed by atoms with van der Waals surface area (Å²) in [5.41, 5.74) is 1.17. The molecule has 0 aliphatic carbocycles. The molecule has 0 unspecified atom stereocenters. The molecule has 10 heteroatoms. The zero-order chi connectivity index (χ0) is 30.9. The van der Waals surface area contributed by atoms with Crippen LogP contribution in [-0.2, 0) is 18.9 Å². The number of esters is 3. The highest BCUT2D eigenvalue weighted by Crippen LogP contribution is 2.31. The summed E-state index contributed by atoms with van der Waals surface area (Å²) in [6.07, 6.45) is -3.64. The molecule has 1 fully saturated rings. The Kier molecular flexibility index (Phi) is 10.2. The molecule has 0 bridgehead atoms. The van der Waals surface area contributed by atoms with E-state index in [1.807, 2.05) is 0 Å². The second kappa shape index (κ2) is 14.6. The number of ether oxygens (including phenoxy) is 4. The summed E-state index contributed by atoms with van der Waals surface area (Å²) in [4.78, 5) is 52.7. The van der Waals surface area contributed by atoms with Gasteiger partial charge in [0.2, 0.25) is 0 Å². The van der Waals surface area contributed by atoms with Gasteiger partial charge in [-0.05, 0) is 48.5 Å². The minimum absolute atomic E-state index is 0.242. The molecule has 1 N–H and O–H groups in total. The first kappa shape index (κ1) is 30.7. The number of halogens is 1. The van der Waals surface area contributed by atoms with Crippen molar-refractivity contribution in [3.05, 3.63) is 144 Å². The maximum Gasteiger partial charge on any atom is 0.338 e. The van der Waals surface area contributed by atoms with E-state index in [9.17, 15) is 19.2 Å². The smallest absolute Gasteiger partial charge is 0.338 e. The van der Waals surface area contributed by atoms with Crippen molar-refractivity contribution >= 4 is 39.7 Å². The molecule has 0 radical (unpaired) electrons. The Morgan fingerprint density at radius 3 is 1.48 bits per heavy atom.